The third-order valence-corrected chi connectivity index (χ3v) is 5.71. The van der Waals surface area contributed by atoms with Crippen molar-refractivity contribution in [3.63, 3.8) is 0 Å². The van der Waals surface area contributed by atoms with Gasteiger partial charge in [-0.2, -0.15) is 4.98 Å². The second-order valence-electron chi connectivity index (χ2n) is 7.55. The summed E-state index contributed by atoms with van der Waals surface area (Å²) in [5.74, 6) is -0.422. The van der Waals surface area contributed by atoms with Crippen molar-refractivity contribution in [1.82, 2.24) is 9.55 Å². The standard InChI is InChI=1S/C24H23ClN4O3/c1-4-32-23(30)19-14(2)20-21(27-17-12-10-16(25)11-13-17)28-24(31)29(22(20)26-15(19)3)18-8-6-5-7-9-18/h5-14,19H,4H2,1-3H3,(H,27,28,31). The Balaban J connectivity index is 1.93. The molecule has 0 bridgehead atoms. The van der Waals surface area contributed by atoms with E-state index in [0.717, 1.165) is 0 Å². The Morgan fingerprint density at radius 1 is 1.16 bits per heavy atom. The van der Waals surface area contributed by atoms with Gasteiger partial charge >= 0.3 is 11.7 Å². The van der Waals surface area contributed by atoms with Crippen LogP contribution in [0.5, 0.6) is 0 Å². The first-order valence-corrected chi connectivity index (χ1v) is 10.7. The fourth-order valence-corrected chi connectivity index (χ4v) is 4.13. The summed E-state index contributed by atoms with van der Waals surface area (Å²) in [5.41, 5.74) is 2.16. The van der Waals surface area contributed by atoms with Crippen LogP contribution in [0.4, 0.5) is 17.3 Å². The molecule has 1 N–H and O–H groups in total. The Morgan fingerprint density at radius 2 is 1.84 bits per heavy atom. The molecule has 1 aliphatic rings. The monoisotopic (exact) mass is 450 g/mol. The topological polar surface area (TPSA) is 85.6 Å². The molecule has 0 saturated carbocycles. The Labute approximate surface area is 190 Å². The predicted molar refractivity (Wildman–Crippen MR) is 126 cm³/mol. The van der Waals surface area contributed by atoms with Gasteiger partial charge in [-0.1, -0.05) is 36.7 Å². The molecule has 2 atom stereocenters. The number of benzene rings is 2. The minimum absolute atomic E-state index is 0.278. The number of aromatic nitrogens is 2. The lowest BCUT2D eigenvalue weighted by atomic mass is 9.82. The van der Waals surface area contributed by atoms with Crippen LogP contribution in [-0.4, -0.2) is 27.8 Å². The number of anilines is 2. The summed E-state index contributed by atoms with van der Waals surface area (Å²) in [6, 6.07) is 16.3. The largest absolute Gasteiger partial charge is 0.465 e. The highest BCUT2D eigenvalue weighted by Gasteiger charge is 2.38. The number of rotatable bonds is 5. The van der Waals surface area contributed by atoms with Crippen LogP contribution in [0.15, 0.2) is 64.4 Å². The van der Waals surface area contributed by atoms with Gasteiger partial charge in [0.25, 0.3) is 0 Å². The first kappa shape index (κ1) is 21.8. The number of fused-ring (bicyclic) bond motifs is 1. The second-order valence-corrected chi connectivity index (χ2v) is 7.99. The molecular weight excluding hydrogens is 428 g/mol. The van der Waals surface area contributed by atoms with E-state index in [1.807, 2.05) is 37.3 Å². The van der Waals surface area contributed by atoms with Crippen LogP contribution < -0.4 is 11.0 Å². The van der Waals surface area contributed by atoms with Crippen molar-refractivity contribution >= 4 is 40.6 Å². The average Bonchev–Trinajstić information content (AvgIpc) is 2.76. The van der Waals surface area contributed by atoms with E-state index in [2.05, 4.69) is 10.3 Å². The minimum atomic E-state index is -0.572. The van der Waals surface area contributed by atoms with Crippen LogP contribution in [0.25, 0.3) is 5.69 Å². The zero-order valence-corrected chi connectivity index (χ0v) is 18.8. The molecule has 32 heavy (non-hydrogen) atoms. The molecule has 1 aliphatic heterocycles. The zero-order chi connectivity index (χ0) is 22.8. The lowest BCUT2D eigenvalue weighted by molar-refractivity contribution is -0.146. The number of esters is 1. The average molecular weight is 451 g/mol. The van der Waals surface area contributed by atoms with Crippen LogP contribution in [-0.2, 0) is 9.53 Å². The highest BCUT2D eigenvalue weighted by molar-refractivity contribution is 6.30. The summed E-state index contributed by atoms with van der Waals surface area (Å²) < 4.78 is 6.78. The lowest BCUT2D eigenvalue weighted by Crippen LogP contribution is -2.35. The van der Waals surface area contributed by atoms with Gasteiger partial charge in [-0.3, -0.25) is 4.79 Å². The van der Waals surface area contributed by atoms with Crippen molar-refractivity contribution < 1.29 is 9.53 Å². The molecule has 0 fully saturated rings. The second kappa shape index (κ2) is 8.96. The maximum absolute atomic E-state index is 13.1. The van der Waals surface area contributed by atoms with Gasteiger partial charge in [-0.25, -0.2) is 14.4 Å². The van der Waals surface area contributed by atoms with Gasteiger partial charge in [-0.05, 0) is 50.2 Å². The highest BCUT2D eigenvalue weighted by atomic mass is 35.5. The van der Waals surface area contributed by atoms with Crippen LogP contribution in [0, 0.1) is 5.92 Å². The zero-order valence-electron chi connectivity index (χ0n) is 18.0. The molecule has 4 rings (SSSR count). The smallest absolute Gasteiger partial charge is 0.355 e. The molecule has 0 saturated heterocycles. The Hall–Kier alpha value is -3.45. The van der Waals surface area contributed by atoms with E-state index in [1.165, 1.54) is 4.57 Å². The third kappa shape index (κ3) is 4.03. The molecule has 0 amide bonds. The molecular formula is C24H23ClN4O3. The number of hydrogen-bond acceptors (Lipinski definition) is 6. The SMILES string of the molecule is CCOC(=O)C1C(C)=Nc2c(c(Nc3ccc(Cl)cc3)nc(=O)n2-c2ccccc2)C1C. The van der Waals surface area contributed by atoms with Crippen LogP contribution in [0.1, 0.15) is 32.3 Å². The minimum Gasteiger partial charge on any atom is -0.465 e. The predicted octanol–water partition coefficient (Wildman–Crippen LogP) is 5.02. The van der Waals surface area contributed by atoms with Crippen molar-refractivity contribution in [1.29, 1.82) is 0 Å². The lowest BCUT2D eigenvalue weighted by Gasteiger charge is -2.30. The number of nitrogens with one attached hydrogen (secondary N) is 1. The summed E-state index contributed by atoms with van der Waals surface area (Å²) in [6.07, 6.45) is 0. The van der Waals surface area contributed by atoms with E-state index < -0.39 is 11.6 Å². The maximum atomic E-state index is 13.1. The number of carbonyl (C=O) groups excluding carboxylic acids is 1. The summed E-state index contributed by atoms with van der Waals surface area (Å²) in [7, 11) is 0. The number of ether oxygens (including phenoxy) is 1. The van der Waals surface area contributed by atoms with E-state index in [0.29, 0.717) is 39.3 Å². The van der Waals surface area contributed by atoms with Gasteiger partial charge in [0.2, 0.25) is 0 Å². The third-order valence-electron chi connectivity index (χ3n) is 5.46. The molecule has 8 heteroatoms. The fraction of sp³-hybridized carbons (Fsp3) is 0.250. The van der Waals surface area contributed by atoms with Gasteiger partial charge in [0.05, 0.1) is 12.3 Å². The number of aliphatic imine (C=N–C) groups is 1. The Bertz CT molecular complexity index is 1240. The summed E-state index contributed by atoms with van der Waals surface area (Å²) >= 11 is 6.00. The highest BCUT2D eigenvalue weighted by Crippen LogP contribution is 2.42. The molecule has 0 aliphatic carbocycles. The van der Waals surface area contributed by atoms with Crippen molar-refractivity contribution in [2.24, 2.45) is 10.9 Å². The normalized spacial score (nSPS) is 17.3. The number of hydrogen-bond donors (Lipinski definition) is 1. The van der Waals surface area contributed by atoms with Crippen LogP contribution >= 0.6 is 11.6 Å². The molecule has 7 nitrogen and oxygen atoms in total. The van der Waals surface area contributed by atoms with Gasteiger partial charge in [-0.15, -0.1) is 0 Å². The number of halogens is 1. The quantitative estimate of drug-likeness (QED) is 0.552. The molecule has 2 unspecified atom stereocenters. The van der Waals surface area contributed by atoms with Gasteiger partial charge < -0.3 is 10.1 Å². The molecule has 164 valence electrons. The summed E-state index contributed by atoms with van der Waals surface area (Å²) in [6.45, 7) is 5.76. The van der Waals surface area contributed by atoms with Crippen LogP contribution in [0.2, 0.25) is 5.02 Å². The number of para-hydroxylation sites is 1. The molecule has 2 aromatic carbocycles. The van der Waals surface area contributed by atoms with Gasteiger partial charge in [0, 0.05) is 27.9 Å². The molecule has 0 spiro atoms. The van der Waals surface area contributed by atoms with Crippen molar-refractivity contribution in [2.75, 3.05) is 11.9 Å². The Morgan fingerprint density at radius 3 is 2.50 bits per heavy atom. The van der Waals surface area contributed by atoms with Crippen molar-refractivity contribution in [2.45, 2.75) is 26.7 Å². The first-order chi connectivity index (χ1) is 15.4. The van der Waals surface area contributed by atoms with Crippen molar-refractivity contribution in [3.8, 4) is 5.69 Å². The Kier molecular flexibility index (Phi) is 6.10. The fourth-order valence-electron chi connectivity index (χ4n) is 4.00. The molecule has 1 aromatic heterocycles. The van der Waals surface area contributed by atoms with E-state index in [4.69, 9.17) is 21.3 Å². The number of nitrogens with zero attached hydrogens (tertiary/aromatic N) is 3. The molecule has 0 radical (unpaired) electrons. The van der Waals surface area contributed by atoms with E-state index in [9.17, 15) is 9.59 Å². The van der Waals surface area contributed by atoms with Gasteiger partial charge in [0.15, 0.2) is 0 Å². The molecule has 2 heterocycles. The van der Waals surface area contributed by atoms with Crippen LogP contribution in [0.3, 0.4) is 0 Å². The van der Waals surface area contributed by atoms with E-state index >= 15 is 0 Å². The van der Waals surface area contributed by atoms with Crippen molar-refractivity contribution in [3.05, 3.63) is 75.7 Å². The van der Waals surface area contributed by atoms with Gasteiger partial charge in [0.1, 0.15) is 17.6 Å². The van der Waals surface area contributed by atoms with E-state index in [1.54, 1.807) is 38.1 Å². The summed E-state index contributed by atoms with van der Waals surface area (Å²) in [5, 5.41) is 3.81. The number of carbonyl (C=O) groups is 1. The first-order valence-electron chi connectivity index (χ1n) is 10.4. The summed E-state index contributed by atoms with van der Waals surface area (Å²) in [4.78, 5) is 34.9. The van der Waals surface area contributed by atoms with E-state index in [-0.39, 0.29) is 18.5 Å². The maximum Gasteiger partial charge on any atom is 0.355 e. The molecule has 3 aromatic rings.